The Morgan fingerprint density at radius 1 is 1.18 bits per heavy atom. The molecule has 3 rings (SSSR count). The van der Waals surface area contributed by atoms with Crippen molar-refractivity contribution >= 4 is 23.5 Å². The highest BCUT2D eigenvalue weighted by molar-refractivity contribution is 8.00. The van der Waals surface area contributed by atoms with Crippen molar-refractivity contribution in [3.05, 3.63) is 77.9 Å². The second-order valence-electron chi connectivity index (χ2n) is 6.37. The van der Waals surface area contributed by atoms with Gasteiger partial charge in [0.05, 0.1) is 17.6 Å². The molecule has 1 heterocycles. The van der Waals surface area contributed by atoms with Crippen molar-refractivity contribution < 1.29 is 14.0 Å². The summed E-state index contributed by atoms with van der Waals surface area (Å²) >= 11 is 1.12. The second-order valence-corrected chi connectivity index (χ2v) is 7.39. The first-order chi connectivity index (χ1) is 13.4. The van der Waals surface area contributed by atoms with Crippen LogP contribution in [0.4, 0.5) is 4.39 Å². The van der Waals surface area contributed by atoms with Crippen molar-refractivity contribution in [3.8, 4) is 5.69 Å². The molecule has 0 saturated heterocycles. The highest BCUT2D eigenvalue weighted by Gasteiger charge is 2.14. The molecule has 144 valence electrons. The summed E-state index contributed by atoms with van der Waals surface area (Å²) in [6.07, 6.45) is 3.61. The maximum absolute atomic E-state index is 14.1. The van der Waals surface area contributed by atoms with E-state index in [0.29, 0.717) is 17.0 Å². The van der Waals surface area contributed by atoms with Gasteiger partial charge in [-0.25, -0.2) is 9.07 Å². The van der Waals surface area contributed by atoms with Crippen molar-refractivity contribution in [2.75, 3.05) is 12.8 Å². The average Bonchev–Trinajstić information content (AvgIpc) is 3.15. The average molecular weight is 397 g/mol. The quantitative estimate of drug-likeness (QED) is 0.447. The summed E-state index contributed by atoms with van der Waals surface area (Å²) in [5.41, 5.74) is 2.17. The van der Waals surface area contributed by atoms with E-state index >= 15 is 0 Å². The SMILES string of the molecule is CC(=O)c1ccc(SCC(=O)N(C)Cc2cnn(-c3ccccc3)c2)c(F)c1. The highest BCUT2D eigenvalue weighted by atomic mass is 32.2. The Hall–Kier alpha value is -2.93. The van der Waals surface area contributed by atoms with Crippen molar-refractivity contribution in [3.63, 3.8) is 0 Å². The van der Waals surface area contributed by atoms with E-state index in [1.165, 1.54) is 19.1 Å². The molecule has 0 aliphatic heterocycles. The van der Waals surface area contributed by atoms with Crippen molar-refractivity contribution in [1.29, 1.82) is 0 Å². The number of rotatable bonds is 7. The smallest absolute Gasteiger partial charge is 0.232 e. The molecule has 0 bridgehead atoms. The molecule has 2 aromatic carbocycles. The van der Waals surface area contributed by atoms with Gasteiger partial charge in [0.1, 0.15) is 5.82 Å². The van der Waals surface area contributed by atoms with Crippen LogP contribution in [-0.2, 0) is 11.3 Å². The van der Waals surface area contributed by atoms with Crippen LogP contribution in [0.3, 0.4) is 0 Å². The molecule has 0 radical (unpaired) electrons. The normalized spacial score (nSPS) is 10.7. The van der Waals surface area contributed by atoms with E-state index < -0.39 is 5.82 Å². The third kappa shape index (κ3) is 4.86. The Balaban J connectivity index is 1.57. The number of thioether (sulfide) groups is 1. The molecular weight excluding hydrogens is 377 g/mol. The van der Waals surface area contributed by atoms with Gasteiger partial charge in [0.2, 0.25) is 5.91 Å². The van der Waals surface area contributed by atoms with Crippen LogP contribution in [0.2, 0.25) is 0 Å². The number of Topliss-reactive ketones (excluding diaryl/α,β-unsaturated/α-hetero) is 1. The van der Waals surface area contributed by atoms with Crippen molar-refractivity contribution in [2.24, 2.45) is 0 Å². The zero-order chi connectivity index (χ0) is 20.1. The van der Waals surface area contributed by atoms with Gasteiger partial charge in [-0.05, 0) is 31.2 Å². The minimum absolute atomic E-state index is 0.111. The zero-order valence-electron chi connectivity index (χ0n) is 15.6. The molecule has 0 spiro atoms. The number of carbonyl (C=O) groups excluding carboxylic acids is 2. The number of benzene rings is 2. The zero-order valence-corrected chi connectivity index (χ0v) is 16.4. The van der Waals surface area contributed by atoms with Gasteiger partial charge in [-0.3, -0.25) is 9.59 Å². The fourth-order valence-electron chi connectivity index (χ4n) is 2.61. The lowest BCUT2D eigenvalue weighted by Crippen LogP contribution is -2.27. The Bertz CT molecular complexity index is 988. The van der Waals surface area contributed by atoms with E-state index in [0.717, 1.165) is 23.0 Å². The van der Waals surface area contributed by atoms with Crippen LogP contribution in [0.1, 0.15) is 22.8 Å². The number of hydrogen-bond donors (Lipinski definition) is 0. The van der Waals surface area contributed by atoms with Gasteiger partial charge in [-0.1, -0.05) is 24.3 Å². The summed E-state index contributed by atoms with van der Waals surface area (Å²) < 4.78 is 15.8. The third-order valence-electron chi connectivity index (χ3n) is 4.19. The Labute approximate surface area is 167 Å². The monoisotopic (exact) mass is 397 g/mol. The molecule has 0 N–H and O–H groups in total. The van der Waals surface area contributed by atoms with Crippen LogP contribution in [-0.4, -0.2) is 39.2 Å². The summed E-state index contributed by atoms with van der Waals surface area (Å²) in [6.45, 7) is 1.80. The maximum Gasteiger partial charge on any atom is 0.232 e. The molecule has 0 aliphatic carbocycles. The number of para-hydroxylation sites is 1. The van der Waals surface area contributed by atoms with E-state index in [1.807, 2.05) is 36.5 Å². The fraction of sp³-hybridized carbons (Fsp3) is 0.190. The number of aromatic nitrogens is 2. The predicted molar refractivity (Wildman–Crippen MR) is 107 cm³/mol. The molecule has 1 amide bonds. The molecular formula is C21H20FN3O2S. The van der Waals surface area contributed by atoms with E-state index in [2.05, 4.69) is 5.10 Å². The van der Waals surface area contributed by atoms with Gasteiger partial charge in [0.25, 0.3) is 0 Å². The number of nitrogens with zero attached hydrogens (tertiary/aromatic N) is 3. The standard InChI is InChI=1S/C21H20FN3O2S/c1-15(26)17-8-9-20(19(22)10-17)28-14-21(27)24(2)12-16-11-23-25(13-16)18-6-4-3-5-7-18/h3-11,13H,12,14H2,1-2H3. The topological polar surface area (TPSA) is 55.2 Å². The largest absolute Gasteiger partial charge is 0.341 e. The molecule has 0 aliphatic rings. The van der Waals surface area contributed by atoms with Gasteiger partial charge in [0, 0.05) is 35.8 Å². The Kier molecular flexibility index (Phi) is 6.26. The van der Waals surface area contributed by atoms with Gasteiger partial charge in [0.15, 0.2) is 5.78 Å². The Morgan fingerprint density at radius 3 is 2.61 bits per heavy atom. The summed E-state index contributed by atoms with van der Waals surface area (Å²) in [7, 11) is 1.71. The number of ketones is 1. The predicted octanol–water partition coefficient (Wildman–Crippen LogP) is 3.96. The number of carbonyl (C=O) groups is 2. The van der Waals surface area contributed by atoms with Crippen LogP contribution in [0.25, 0.3) is 5.69 Å². The summed E-state index contributed by atoms with van der Waals surface area (Å²) in [4.78, 5) is 25.6. The van der Waals surface area contributed by atoms with Crippen LogP contribution in [0.5, 0.6) is 0 Å². The minimum Gasteiger partial charge on any atom is -0.341 e. The number of halogens is 1. The summed E-state index contributed by atoms with van der Waals surface area (Å²) in [5, 5.41) is 4.32. The molecule has 0 fully saturated rings. The highest BCUT2D eigenvalue weighted by Crippen LogP contribution is 2.23. The second kappa shape index (κ2) is 8.84. The molecule has 3 aromatic rings. The van der Waals surface area contributed by atoms with Crippen LogP contribution < -0.4 is 0 Å². The van der Waals surface area contributed by atoms with E-state index in [9.17, 15) is 14.0 Å². The van der Waals surface area contributed by atoms with E-state index in [4.69, 9.17) is 0 Å². The first kappa shape index (κ1) is 19.8. The fourth-order valence-corrected chi connectivity index (χ4v) is 3.47. The van der Waals surface area contributed by atoms with Crippen LogP contribution >= 0.6 is 11.8 Å². The maximum atomic E-state index is 14.1. The number of amides is 1. The van der Waals surface area contributed by atoms with Gasteiger partial charge in [-0.2, -0.15) is 5.10 Å². The molecule has 28 heavy (non-hydrogen) atoms. The van der Waals surface area contributed by atoms with Gasteiger partial charge in [-0.15, -0.1) is 11.8 Å². The lowest BCUT2D eigenvalue weighted by Gasteiger charge is -2.16. The number of hydrogen-bond acceptors (Lipinski definition) is 4. The summed E-state index contributed by atoms with van der Waals surface area (Å²) in [5.74, 6) is -0.688. The molecule has 5 nitrogen and oxygen atoms in total. The van der Waals surface area contributed by atoms with Gasteiger partial charge < -0.3 is 4.90 Å². The van der Waals surface area contributed by atoms with Crippen molar-refractivity contribution in [2.45, 2.75) is 18.4 Å². The first-order valence-electron chi connectivity index (χ1n) is 8.70. The lowest BCUT2D eigenvalue weighted by atomic mass is 10.1. The van der Waals surface area contributed by atoms with E-state index in [1.54, 1.807) is 28.9 Å². The summed E-state index contributed by atoms with van der Waals surface area (Å²) in [6, 6.07) is 14.0. The van der Waals surface area contributed by atoms with Gasteiger partial charge >= 0.3 is 0 Å². The Morgan fingerprint density at radius 2 is 1.93 bits per heavy atom. The molecule has 0 unspecified atom stereocenters. The first-order valence-corrected chi connectivity index (χ1v) is 9.69. The third-order valence-corrected chi connectivity index (χ3v) is 5.23. The van der Waals surface area contributed by atoms with E-state index in [-0.39, 0.29) is 17.4 Å². The van der Waals surface area contributed by atoms with Crippen molar-refractivity contribution in [1.82, 2.24) is 14.7 Å². The molecule has 0 atom stereocenters. The van der Waals surface area contributed by atoms with Crippen LogP contribution in [0, 0.1) is 5.82 Å². The van der Waals surface area contributed by atoms with Crippen LogP contribution in [0.15, 0.2) is 65.8 Å². The molecule has 7 heteroatoms. The minimum atomic E-state index is -0.489. The molecule has 1 aromatic heterocycles. The molecule has 0 saturated carbocycles. The lowest BCUT2D eigenvalue weighted by molar-refractivity contribution is -0.127.